The van der Waals surface area contributed by atoms with Gasteiger partial charge < -0.3 is 4.57 Å². The molecule has 0 N–H and O–H groups in total. The van der Waals surface area contributed by atoms with Crippen LogP contribution in [0.1, 0.15) is 0 Å². The molecule has 6 aromatic carbocycles. The third-order valence-corrected chi connectivity index (χ3v) is 13.6. The number of para-hydroxylation sites is 1. The first-order chi connectivity index (χ1) is 21.8. The first-order valence-corrected chi connectivity index (χ1v) is 17.1. The summed E-state index contributed by atoms with van der Waals surface area (Å²) in [6.45, 7) is 0. The zero-order chi connectivity index (χ0) is 29.3. The molecule has 2 heterocycles. The van der Waals surface area contributed by atoms with E-state index in [-0.39, 0.29) is 0 Å². The maximum atomic E-state index is 4.51. The van der Waals surface area contributed by atoms with Crippen molar-refractivity contribution in [3.05, 3.63) is 182 Å². The zero-order valence-corrected chi connectivity index (χ0v) is 25.2. The minimum absolute atomic E-state index is 1.15. The minimum Gasteiger partial charge on any atom is -0.309 e. The Labute approximate surface area is 258 Å². The molecule has 0 spiro atoms. The lowest BCUT2D eigenvalue weighted by Gasteiger charge is -2.34. The van der Waals surface area contributed by atoms with Crippen LogP contribution in [0.4, 0.5) is 0 Å². The van der Waals surface area contributed by atoms with Crippen LogP contribution < -0.4 is 20.7 Å². The summed E-state index contributed by atoms with van der Waals surface area (Å²) in [5.74, 6) is 0. The van der Waals surface area contributed by atoms with Gasteiger partial charge in [-0.3, -0.25) is 4.98 Å². The van der Waals surface area contributed by atoms with Crippen LogP contribution in [-0.2, 0) is 0 Å². The summed E-state index contributed by atoms with van der Waals surface area (Å²) < 4.78 is 2.39. The standard InChI is InChI=1S/C41H30N2Si/c1-5-13-31(14-6-1)32-21-23-36(24-22-32)44(34-17-9-3-10-18-34,35-19-11-4-12-20-35)37-25-26-38-39-30-42-28-27-40(39)43(41(38)29-37)33-15-7-2-8-16-33/h1-30H. The number of hydrogen-bond donors (Lipinski definition) is 0. The predicted molar refractivity (Wildman–Crippen MR) is 188 cm³/mol. The highest BCUT2D eigenvalue weighted by Crippen LogP contribution is 2.31. The Morgan fingerprint density at radius 2 is 0.932 bits per heavy atom. The fourth-order valence-corrected chi connectivity index (χ4v) is 11.6. The van der Waals surface area contributed by atoms with Gasteiger partial charge in [0.25, 0.3) is 0 Å². The number of fused-ring (bicyclic) bond motifs is 3. The molecule has 8 aromatic rings. The summed E-state index contributed by atoms with van der Waals surface area (Å²) in [5, 5.41) is 7.81. The molecule has 0 unspecified atom stereocenters. The van der Waals surface area contributed by atoms with E-state index in [4.69, 9.17) is 0 Å². The number of pyridine rings is 1. The van der Waals surface area contributed by atoms with E-state index in [2.05, 4.69) is 179 Å². The Bertz CT molecular complexity index is 2150. The van der Waals surface area contributed by atoms with Crippen molar-refractivity contribution in [1.29, 1.82) is 0 Å². The molecular formula is C41H30N2Si. The summed E-state index contributed by atoms with van der Waals surface area (Å²) in [4.78, 5) is 4.51. The van der Waals surface area contributed by atoms with Crippen molar-refractivity contribution in [3.8, 4) is 16.8 Å². The molecule has 0 bridgehead atoms. The van der Waals surface area contributed by atoms with Gasteiger partial charge in [0.15, 0.2) is 8.07 Å². The fraction of sp³-hybridized carbons (Fsp3) is 0. The van der Waals surface area contributed by atoms with E-state index >= 15 is 0 Å². The van der Waals surface area contributed by atoms with E-state index in [0.29, 0.717) is 0 Å². The third kappa shape index (κ3) is 4.21. The molecule has 0 aliphatic rings. The summed E-state index contributed by atoms with van der Waals surface area (Å²) in [6.07, 6.45) is 3.89. The second kappa shape index (κ2) is 11.0. The topological polar surface area (TPSA) is 17.8 Å². The minimum atomic E-state index is -2.74. The number of benzene rings is 6. The SMILES string of the molecule is c1ccc(-c2ccc([Si](c3ccccc3)(c3ccccc3)c3ccc4c5cnccc5n(-c5ccccc5)c4c3)cc2)cc1. The van der Waals surface area contributed by atoms with E-state index in [9.17, 15) is 0 Å². The maximum Gasteiger partial charge on any atom is 0.179 e. The number of nitrogens with zero attached hydrogens (tertiary/aromatic N) is 2. The van der Waals surface area contributed by atoms with Crippen molar-refractivity contribution in [2.45, 2.75) is 0 Å². The van der Waals surface area contributed by atoms with Crippen molar-refractivity contribution in [1.82, 2.24) is 9.55 Å². The lowest BCUT2D eigenvalue weighted by Crippen LogP contribution is -2.74. The Balaban J connectivity index is 1.46. The van der Waals surface area contributed by atoms with Crippen LogP contribution >= 0.6 is 0 Å². The molecule has 2 nitrogen and oxygen atoms in total. The number of rotatable bonds is 6. The van der Waals surface area contributed by atoms with Crippen LogP contribution in [0.15, 0.2) is 182 Å². The van der Waals surface area contributed by atoms with Crippen molar-refractivity contribution in [2.24, 2.45) is 0 Å². The quantitative estimate of drug-likeness (QED) is 0.150. The summed E-state index contributed by atoms with van der Waals surface area (Å²) in [6, 6.07) is 62.2. The fourth-order valence-electron chi connectivity index (χ4n) is 6.87. The van der Waals surface area contributed by atoms with Gasteiger partial charge in [-0.1, -0.05) is 146 Å². The second-order valence-electron chi connectivity index (χ2n) is 11.2. The van der Waals surface area contributed by atoms with Gasteiger partial charge in [0.1, 0.15) is 0 Å². The van der Waals surface area contributed by atoms with E-state index in [1.807, 2.05) is 12.4 Å². The molecule has 2 aromatic heterocycles. The van der Waals surface area contributed by atoms with E-state index in [1.54, 1.807) is 0 Å². The van der Waals surface area contributed by atoms with Crippen LogP contribution in [0.25, 0.3) is 38.6 Å². The maximum absolute atomic E-state index is 4.51. The summed E-state index contributed by atoms with van der Waals surface area (Å²) in [5.41, 5.74) is 5.96. The second-order valence-corrected chi connectivity index (χ2v) is 15.0. The normalized spacial score (nSPS) is 11.6. The molecule has 0 saturated heterocycles. The van der Waals surface area contributed by atoms with Crippen LogP contribution in [0, 0.1) is 0 Å². The molecule has 0 saturated carbocycles. The molecule has 44 heavy (non-hydrogen) atoms. The molecule has 0 aliphatic heterocycles. The van der Waals surface area contributed by atoms with Crippen molar-refractivity contribution in [3.63, 3.8) is 0 Å². The molecule has 208 valence electrons. The smallest absolute Gasteiger partial charge is 0.179 e. The Morgan fingerprint density at radius 3 is 1.57 bits per heavy atom. The van der Waals surface area contributed by atoms with Gasteiger partial charge in [-0.2, -0.15) is 0 Å². The van der Waals surface area contributed by atoms with Crippen LogP contribution in [0.3, 0.4) is 0 Å². The van der Waals surface area contributed by atoms with Crippen molar-refractivity contribution < 1.29 is 0 Å². The number of aromatic nitrogens is 2. The molecule has 3 heteroatoms. The summed E-state index contributed by atoms with van der Waals surface area (Å²) in [7, 11) is -2.74. The first-order valence-electron chi connectivity index (χ1n) is 15.1. The predicted octanol–water partition coefficient (Wildman–Crippen LogP) is 7.22. The molecule has 8 rings (SSSR count). The van der Waals surface area contributed by atoms with Gasteiger partial charge in [0, 0.05) is 28.9 Å². The van der Waals surface area contributed by atoms with Gasteiger partial charge in [0.2, 0.25) is 0 Å². The highest BCUT2D eigenvalue weighted by atomic mass is 28.3. The van der Waals surface area contributed by atoms with Crippen LogP contribution in [0.2, 0.25) is 0 Å². The van der Waals surface area contributed by atoms with Gasteiger partial charge >= 0.3 is 0 Å². The number of hydrogen-bond acceptors (Lipinski definition) is 1. The van der Waals surface area contributed by atoms with E-state index in [0.717, 1.165) is 16.6 Å². The molecule has 0 amide bonds. The lowest BCUT2D eigenvalue weighted by molar-refractivity contribution is 1.18. The molecule has 0 aliphatic carbocycles. The third-order valence-electron chi connectivity index (χ3n) is 8.85. The molecule has 0 radical (unpaired) electrons. The lowest BCUT2D eigenvalue weighted by atomic mass is 10.1. The largest absolute Gasteiger partial charge is 0.309 e. The zero-order valence-electron chi connectivity index (χ0n) is 24.2. The highest BCUT2D eigenvalue weighted by Gasteiger charge is 2.41. The van der Waals surface area contributed by atoms with Gasteiger partial charge in [-0.25, -0.2) is 0 Å². The van der Waals surface area contributed by atoms with Crippen LogP contribution in [0.5, 0.6) is 0 Å². The van der Waals surface area contributed by atoms with Crippen molar-refractivity contribution >= 4 is 50.6 Å². The van der Waals surface area contributed by atoms with Crippen LogP contribution in [-0.4, -0.2) is 17.6 Å². The van der Waals surface area contributed by atoms with E-state index in [1.165, 1.54) is 42.8 Å². The first kappa shape index (κ1) is 26.1. The highest BCUT2D eigenvalue weighted by molar-refractivity contribution is 7.20. The monoisotopic (exact) mass is 578 g/mol. The van der Waals surface area contributed by atoms with Crippen molar-refractivity contribution in [2.75, 3.05) is 0 Å². The average molecular weight is 579 g/mol. The molecular weight excluding hydrogens is 549 g/mol. The average Bonchev–Trinajstić information content (AvgIpc) is 3.44. The van der Waals surface area contributed by atoms with Gasteiger partial charge in [0.05, 0.1) is 11.0 Å². The Hall–Kier alpha value is -5.51. The summed E-state index contributed by atoms with van der Waals surface area (Å²) >= 11 is 0. The Morgan fingerprint density at radius 1 is 0.409 bits per heavy atom. The molecule has 0 fully saturated rings. The molecule has 0 atom stereocenters. The van der Waals surface area contributed by atoms with Gasteiger partial charge in [-0.05, 0) is 56.1 Å². The Kier molecular flexibility index (Phi) is 6.51. The van der Waals surface area contributed by atoms with Gasteiger partial charge in [-0.15, -0.1) is 0 Å². The van der Waals surface area contributed by atoms with E-state index < -0.39 is 8.07 Å².